The van der Waals surface area contributed by atoms with E-state index in [1.807, 2.05) is 22.2 Å². The first-order valence-corrected chi connectivity index (χ1v) is 7.23. The van der Waals surface area contributed by atoms with Gasteiger partial charge in [-0.3, -0.25) is 9.20 Å². The van der Waals surface area contributed by atoms with E-state index in [9.17, 15) is 4.79 Å². The van der Waals surface area contributed by atoms with Crippen LogP contribution in [0.2, 0.25) is 0 Å². The quantitative estimate of drug-likeness (QED) is 0.739. The van der Waals surface area contributed by atoms with Crippen molar-refractivity contribution in [2.45, 2.75) is 6.42 Å². The van der Waals surface area contributed by atoms with Crippen molar-refractivity contribution in [1.82, 2.24) is 14.4 Å². The topological polar surface area (TPSA) is 59.7 Å². The number of hydrogen-bond acceptors (Lipinski definition) is 5. The van der Waals surface area contributed by atoms with Crippen LogP contribution in [0.1, 0.15) is 5.69 Å². The molecule has 6 nitrogen and oxygen atoms in total. The van der Waals surface area contributed by atoms with Crippen LogP contribution in [0, 0.1) is 0 Å². The molecule has 0 unspecified atom stereocenters. The molecule has 0 saturated carbocycles. The van der Waals surface area contributed by atoms with Crippen molar-refractivity contribution in [2.24, 2.45) is 0 Å². The number of methoxy groups -OCH3 is 1. The number of rotatable bonds is 4. The molecule has 0 spiro atoms. The van der Waals surface area contributed by atoms with E-state index in [4.69, 9.17) is 4.74 Å². The second-order valence-corrected chi connectivity index (χ2v) is 5.39. The third kappa shape index (κ3) is 2.73. The highest BCUT2D eigenvalue weighted by molar-refractivity contribution is 7.15. The summed E-state index contributed by atoms with van der Waals surface area (Å²) in [5.41, 5.74) is 1.49. The van der Waals surface area contributed by atoms with Gasteiger partial charge in [0.15, 0.2) is 4.96 Å². The number of pyridine rings is 1. The van der Waals surface area contributed by atoms with Crippen molar-refractivity contribution in [3.8, 4) is 5.88 Å². The number of anilines is 1. The Balaban J connectivity index is 1.72. The Hall–Kier alpha value is -2.41. The highest BCUT2D eigenvalue weighted by Crippen LogP contribution is 2.17. The monoisotopic (exact) mass is 302 g/mol. The fraction of sp³-hybridized carbons (Fsp3) is 0.214. The van der Waals surface area contributed by atoms with E-state index in [1.54, 1.807) is 48.7 Å². The Bertz CT molecular complexity index is 734. The number of carbonyl (C=O) groups is 1. The predicted molar refractivity (Wildman–Crippen MR) is 81.0 cm³/mol. The Morgan fingerprint density at radius 1 is 1.48 bits per heavy atom. The highest BCUT2D eigenvalue weighted by Gasteiger charge is 2.14. The Morgan fingerprint density at radius 2 is 2.33 bits per heavy atom. The van der Waals surface area contributed by atoms with Crippen molar-refractivity contribution < 1.29 is 9.53 Å². The van der Waals surface area contributed by atoms with Gasteiger partial charge in [-0.2, -0.15) is 0 Å². The van der Waals surface area contributed by atoms with Gasteiger partial charge < -0.3 is 9.64 Å². The predicted octanol–water partition coefficient (Wildman–Crippen LogP) is 2.00. The molecule has 21 heavy (non-hydrogen) atoms. The summed E-state index contributed by atoms with van der Waals surface area (Å²) in [6.07, 6.45) is 5.68. The van der Waals surface area contributed by atoms with Gasteiger partial charge in [0.1, 0.15) is 0 Å². The van der Waals surface area contributed by atoms with E-state index >= 15 is 0 Å². The molecule has 108 valence electrons. The van der Waals surface area contributed by atoms with E-state index in [-0.39, 0.29) is 12.3 Å². The number of imidazole rings is 1. The maximum absolute atomic E-state index is 12.3. The van der Waals surface area contributed by atoms with Crippen LogP contribution in [0.25, 0.3) is 4.96 Å². The van der Waals surface area contributed by atoms with Crippen molar-refractivity contribution >= 4 is 27.9 Å². The smallest absolute Gasteiger partial charge is 0.232 e. The van der Waals surface area contributed by atoms with Crippen LogP contribution in [0.15, 0.2) is 36.1 Å². The van der Waals surface area contributed by atoms with Crippen LogP contribution in [0.5, 0.6) is 5.88 Å². The number of nitrogens with zero attached hydrogens (tertiary/aromatic N) is 4. The lowest BCUT2D eigenvalue weighted by Gasteiger charge is -2.16. The van der Waals surface area contributed by atoms with Gasteiger partial charge in [-0.05, 0) is 6.07 Å². The van der Waals surface area contributed by atoms with Gasteiger partial charge in [-0.25, -0.2) is 9.97 Å². The highest BCUT2D eigenvalue weighted by atomic mass is 32.1. The lowest BCUT2D eigenvalue weighted by molar-refractivity contribution is -0.117. The molecule has 0 aliphatic carbocycles. The van der Waals surface area contributed by atoms with Gasteiger partial charge in [0.05, 0.1) is 31.1 Å². The molecule has 0 fully saturated rings. The third-order valence-electron chi connectivity index (χ3n) is 3.17. The third-order valence-corrected chi connectivity index (χ3v) is 3.94. The van der Waals surface area contributed by atoms with Gasteiger partial charge in [-0.1, -0.05) is 0 Å². The normalized spacial score (nSPS) is 10.8. The number of hydrogen-bond donors (Lipinski definition) is 0. The van der Waals surface area contributed by atoms with Crippen molar-refractivity contribution in [3.63, 3.8) is 0 Å². The van der Waals surface area contributed by atoms with Crippen molar-refractivity contribution in [3.05, 3.63) is 41.8 Å². The summed E-state index contributed by atoms with van der Waals surface area (Å²) in [5, 5.41) is 1.96. The first-order chi connectivity index (χ1) is 10.2. The molecule has 7 heteroatoms. The summed E-state index contributed by atoms with van der Waals surface area (Å²) in [6, 6.07) is 3.53. The van der Waals surface area contributed by atoms with E-state index in [0.717, 1.165) is 16.3 Å². The van der Waals surface area contributed by atoms with Gasteiger partial charge in [-0.15, -0.1) is 11.3 Å². The fourth-order valence-corrected chi connectivity index (χ4v) is 2.69. The molecule has 0 N–H and O–H groups in total. The molecule has 1 amide bonds. The number of thiazole rings is 1. The maximum Gasteiger partial charge on any atom is 0.232 e. The molecule has 0 radical (unpaired) electrons. The van der Waals surface area contributed by atoms with Gasteiger partial charge in [0, 0.05) is 30.9 Å². The first-order valence-electron chi connectivity index (χ1n) is 6.35. The molecule has 0 aliphatic rings. The fourth-order valence-electron chi connectivity index (χ4n) is 1.97. The van der Waals surface area contributed by atoms with E-state index in [0.29, 0.717) is 5.88 Å². The van der Waals surface area contributed by atoms with Crippen LogP contribution >= 0.6 is 11.3 Å². The molecule has 3 aromatic rings. The molecule has 0 saturated heterocycles. The first kappa shape index (κ1) is 13.6. The Morgan fingerprint density at radius 3 is 3.00 bits per heavy atom. The second kappa shape index (κ2) is 5.53. The summed E-state index contributed by atoms with van der Waals surface area (Å²) in [6.45, 7) is 0. The average molecular weight is 302 g/mol. The molecule has 0 aromatic carbocycles. The van der Waals surface area contributed by atoms with Crippen LogP contribution in [-0.2, 0) is 11.2 Å². The van der Waals surface area contributed by atoms with Gasteiger partial charge >= 0.3 is 0 Å². The summed E-state index contributed by atoms with van der Waals surface area (Å²) < 4.78 is 6.92. The zero-order chi connectivity index (χ0) is 14.8. The molecule has 0 aliphatic heterocycles. The number of ether oxygens (including phenoxy) is 1. The molecular formula is C14H14N4O2S. The van der Waals surface area contributed by atoms with Gasteiger partial charge in [0.2, 0.25) is 11.8 Å². The van der Waals surface area contributed by atoms with Crippen LogP contribution in [0.4, 0.5) is 5.69 Å². The average Bonchev–Trinajstić information content (AvgIpc) is 3.07. The molecule has 0 bridgehead atoms. The Labute approximate surface area is 125 Å². The minimum absolute atomic E-state index is 0.0345. The number of carbonyl (C=O) groups excluding carboxylic acids is 1. The lowest BCUT2D eigenvalue weighted by Crippen LogP contribution is -2.28. The molecule has 3 aromatic heterocycles. The van der Waals surface area contributed by atoms with Crippen molar-refractivity contribution in [2.75, 3.05) is 19.1 Å². The number of likely N-dealkylation sites (N-methyl/N-ethyl adjacent to an activating group) is 1. The zero-order valence-electron chi connectivity index (χ0n) is 11.7. The molecule has 3 heterocycles. The van der Waals surface area contributed by atoms with Crippen LogP contribution in [0.3, 0.4) is 0 Å². The van der Waals surface area contributed by atoms with E-state index < -0.39 is 0 Å². The largest absolute Gasteiger partial charge is 0.481 e. The molecule has 3 rings (SSSR count). The zero-order valence-corrected chi connectivity index (χ0v) is 12.5. The summed E-state index contributed by atoms with van der Waals surface area (Å²) in [4.78, 5) is 23.3. The lowest BCUT2D eigenvalue weighted by atomic mass is 10.3. The molecular weight excluding hydrogens is 288 g/mol. The summed E-state index contributed by atoms with van der Waals surface area (Å²) in [5.74, 6) is 0.488. The SMILES string of the molecule is COc1ccc(N(C)C(=O)Cc2cn3ccsc3n2)cn1. The number of aromatic nitrogens is 3. The maximum atomic E-state index is 12.3. The summed E-state index contributed by atoms with van der Waals surface area (Å²) >= 11 is 1.55. The number of amides is 1. The van der Waals surface area contributed by atoms with Crippen LogP contribution < -0.4 is 9.64 Å². The summed E-state index contributed by atoms with van der Waals surface area (Å²) in [7, 11) is 3.28. The standard InChI is InChI=1S/C14H14N4O2S/c1-17(11-3-4-12(20-2)15-8-11)13(19)7-10-9-18-5-6-21-14(18)16-10/h3-6,8-9H,7H2,1-2H3. The van der Waals surface area contributed by atoms with Crippen LogP contribution in [-0.4, -0.2) is 34.4 Å². The minimum atomic E-state index is -0.0345. The van der Waals surface area contributed by atoms with Gasteiger partial charge in [0.25, 0.3) is 0 Å². The Kier molecular flexibility index (Phi) is 3.57. The number of fused-ring (bicyclic) bond motifs is 1. The van der Waals surface area contributed by atoms with Crippen molar-refractivity contribution in [1.29, 1.82) is 0 Å². The minimum Gasteiger partial charge on any atom is -0.481 e. The van der Waals surface area contributed by atoms with E-state index in [2.05, 4.69) is 9.97 Å². The van der Waals surface area contributed by atoms with E-state index in [1.165, 1.54) is 0 Å². The molecule has 0 atom stereocenters. The second-order valence-electron chi connectivity index (χ2n) is 4.51.